The normalized spacial score (nSPS) is 19.6. The van der Waals surface area contributed by atoms with Crippen LogP contribution in [0, 0.1) is 0 Å². The molecule has 0 bridgehead atoms. The van der Waals surface area contributed by atoms with E-state index in [0.717, 1.165) is 0 Å². The molecule has 0 aromatic carbocycles. The van der Waals surface area contributed by atoms with Gasteiger partial charge in [-0.05, 0) is 26.0 Å². The van der Waals surface area contributed by atoms with Crippen molar-refractivity contribution in [3.63, 3.8) is 0 Å². The van der Waals surface area contributed by atoms with Crippen molar-refractivity contribution in [2.75, 3.05) is 38.5 Å². The third-order valence-electron chi connectivity index (χ3n) is 4.45. The highest BCUT2D eigenvalue weighted by Gasteiger charge is 2.45. The number of rotatable bonds is 6. The van der Waals surface area contributed by atoms with Crippen LogP contribution < -0.4 is 10.9 Å². The van der Waals surface area contributed by atoms with Crippen LogP contribution in [0.3, 0.4) is 0 Å². The first-order chi connectivity index (χ1) is 12.9. The molecule has 1 aromatic rings. The van der Waals surface area contributed by atoms with E-state index < -0.39 is 11.5 Å². The zero-order valence-corrected chi connectivity index (χ0v) is 17.1. The molecular weight excluding hydrogens is 392 g/mol. The molecule has 3 heterocycles. The van der Waals surface area contributed by atoms with E-state index in [1.165, 1.54) is 17.8 Å². The van der Waals surface area contributed by atoms with Gasteiger partial charge in [-0.3, -0.25) is 9.69 Å². The highest BCUT2D eigenvalue weighted by Crippen LogP contribution is 2.30. The molecule has 3 rings (SSSR count). The van der Waals surface area contributed by atoms with E-state index in [4.69, 9.17) is 16.3 Å². The zero-order valence-electron chi connectivity index (χ0n) is 16.3. The van der Waals surface area contributed by atoms with Crippen molar-refractivity contribution >= 4 is 17.3 Å². The molecule has 0 aliphatic carbocycles. The fourth-order valence-corrected chi connectivity index (χ4v) is 3.54. The van der Waals surface area contributed by atoms with Crippen molar-refractivity contribution in [2.24, 2.45) is 7.05 Å². The average Bonchev–Trinajstić information content (AvgIpc) is 2.52. The Balaban J connectivity index is 1.66. The van der Waals surface area contributed by atoms with Crippen LogP contribution in [0.2, 0.25) is 5.15 Å². The molecule has 1 saturated heterocycles. The molecule has 154 valence electrons. The van der Waals surface area contributed by atoms with E-state index in [2.05, 4.69) is 10.4 Å². The van der Waals surface area contributed by atoms with Gasteiger partial charge < -0.3 is 15.0 Å². The largest absolute Gasteiger partial charge is 0.489 e. The van der Waals surface area contributed by atoms with E-state index >= 15 is 0 Å². The van der Waals surface area contributed by atoms with Gasteiger partial charge in [-0.15, -0.1) is 0 Å². The lowest BCUT2D eigenvalue weighted by Gasteiger charge is -2.43. The molecule has 10 heteroatoms. The summed E-state index contributed by atoms with van der Waals surface area (Å²) in [6.07, 6.45) is 3.60. The number of anilines is 1. The van der Waals surface area contributed by atoms with E-state index in [1.807, 2.05) is 31.9 Å². The number of aromatic nitrogens is 2. The molecule has 0 amide bonds. The van der Waals surface area contributed by atoms with Crippen molar-refractivity contribution in [2.45, 2.75) is 25.4 Å². The fraction of sp³-hybridized carbons (Fsp3) is 0.556. The number of aryl methyl sites for hydroxylation is 1. The first-order valence-electron chi connectivity index (χ1n) is 8.86. The number of likely N-dealkylation sites (tertiary alicyclic amines) is 1. The Morgan fingerprint density at radius 1 is 1.32 bits per heavy atom. The first kappa shape index (κ1) is 20.6. The quantitative estimate of drug-likeness (QED) is 0.769. The Kier molecular flexibility index (Phi) is 5.42. The van der Waals surface area contributed by atoms with E-state index in [9.17, 15) is 13.6 Å². The number of allylic oxidation sites excluding steroid dienone is 2. The van der Waals surface area contributed by atoms with Crippen LogP contribution in [0.15, 0.2) is 34.6 Å². The van der Waals surface area contributed by atoms with Crippen LogP contribution >= 0.6 is 11.6 Å². The third kappa shape index (κ3) is 4.82. The Hall–Kier alpha value is -2.13. The molecule has 0 saturated carbocycles. The molecule has 28 heavy (non-hydrogen) atoms. The minimum atomic E-state index is -2.59. The van der Waals surface area contributed by atoms with Gasteiger partial charge in [0.2, 0.25) is 0 Å². The van der Waals surface area contributed by atoms with E-state index in [0.29, 0.717) is 30.4 Å². The average molecular weight is 416 g/mol. The monoisotopic (exact) mass is 415 g/mol. The molecule has 1 aromatic heterocycles. The minimum absolute atomic E-state index is 0.210. The predicted octanol–water partition coefficient (Wildman–Crippen LogP) is 2.26. The number of hydrogen-bond donors (Lipinski definition) is 1. The summed E-state index contributed by atoms with van der Waals surface area (Å²) < 4.78 is 33.3. The highest BCUT2D eigenvalue weighted by atomic mass is 35.5. The maximum absolute atomic E-state index is 13.0. The maximum atomic E-state index is 13.0. The predicted molar refractivity (Wildman–Crippen MR) is 103 cm³/mol. The van der Waals surface area contributed by atoms with Crippen LogP contribution in [0.4, 0.5) is 14.5 Å². The standard InChI is InChI=1S/C18H24ClF2N5O2/c1-17(2,9-26-10-18(20,21)11-26)28-12-5-6-15(24(3)8-12)22-13-7-14(19)23-25(4)16(13)27/h5-7,22H,8-11H2,1-4H3. The number of nitrogens with zero attached hydrogens (tertiary/aromatic N) is 4. The van der Waals surface area contributed by atoms with Gasteiger partial charge in [-0.25, -0.2) is 13.5 Å². The highest BCUT2D eigenvalue weighted by molar-refractivity contribution is 6.29. The SMILES string of the molecule is CN1CC(OC(C)(C)CN2CC(F)(F)C2)=CC=C1Nc1cc(Cl)nn(C)c1=O. The maximum Gasteiger partial charge on any atom is 0.290 e. The molecule has 0 unspecified atom stereocenters. The third-order valence-corrected chi connectivity index (χ3v) is 4.63. The van der Waals surface area contributed by atoms with Gasteiger partial charge in [0.15, 0.2) is 5.15 Å². The van der Waals surface area contributed by atoms with Crippen molar-refractivity contribution in [1.82, 2.24) is 19.6 Å². The summed E-state index contributed by atoms with van der Waals surface area (Å²) in [5, 5.41) is 7.13. The summed E-state index contributed by atoms with van der Waals surface area (Å²) in [7, 11) is 3.38. The topological polar surface area (TPSA) is 62.6 Å². The van der Waals surface area contributed by atoms with Gasteiger partial charge in [-0.2, -0.15) is 5.10 Å². The van der Waals surface area contributed by atoms with E-state index in [1.54, 1.807) is 11.0 Å². The van der Waals surface area contributed by atoms with Crippen LogP contribution in [0.5, 0.6) is 0 Å². The molecular formula is C18H24ClF2N5O2. The molecule has 0 spiro atoms. The van der Waals surface area contributed by atoms with Gasteiger partial charge in [0, 0.05) is 26.7 Å². The summed E-state index contributed by atoms with van der Waals surface area (Å²) in [4.78, 5) is 15.7. The van der Waals surface area contributed by atoms with Crippen molar-refractivity contribution in [3.8, 4) is 0 Å². The Morgan fingerprint density at radius 2 is 2.00 bits per heavy atom. The summed E-state index contributed by atoms with van der Waals surface area (Å²) in [6.45, 7) is 4.20. The second kappa shape index (κ2) is 7.36. The lowest BCUT2D eigenvalue weighted by molar-refractivity contribution is -0.149. The number of nitrogens with one attached hydrogen (secondary N) is 1. The number of alkyl halides is 2. The lowest BCUT2D eigenvalue weighted by atomic mass is 10.0. The van der Waals surface area contributed by atoms with Crippen molar-refractivity contribution in [1.29, 1.82) is 0 Å². The van der Waals surface area contributed by atoms with Crippen LogP contribution in [-0.4, -0.2) is 64.3 Å². The molecule has 2 aliphatic heterocycles. The Labute approximate surface area is 167 Å². The second-order valence-electron chi connectivity index (χ2n) is 7.84. The number of hydrogen-bond acceptors (Lipinski definition) is 6. The Bertz CT molecular complexity index is 873. The minimum Gasteiger partial charge on any atom is -0.489 e. The fourth-order valence-electron chi connectivity index (χ4n) is 3.32. The Morgan fingerprint density at radius 3 is 2.61 bits per heavy atom. The van der Waals surface area contributed by atoms with Crippen LogP contribution in [-0.2, 0) is 11.8 Å². The molecule has 1 N–H and O–H groups in total. The van der Waals surface area contributed by atoms with Crippen LogP contribution in [0.25, 0.3) is 0 Å². The van der Waals surface area contributed by atoms with Gasteiger partial charge in [0.05, 0.1) is 19.6 Å². The van der Waals surface area contributed by atoms with Crippen LogP contribution in [0.1, 0.15) is 13.8 Å². The van der Waals surface area contributed by atoms with Crippen molar-refractivity contribution in [3.05, 3.63) is 45.3 Å². The smallest absolute Gasteiger partial charge is 0.290 e. The lowest BCUT2D eigenvalue weighted by Crippen LogP contribution is -2.59. The molecule has 1 fully saturated rings. The van der Waals surface area contributed by atoms with E-state index in [-0.39, 0.29) is 23.8 Å². The zero-order chi connectivity index (χ0) is 20.7. The molecule has 2 aliphatic rings. The summed E-state index contributed by atoms with van der Waals surface area (Å²) in [5.41, 5.74) is -0.578. The number of ether oxygens (including phenoxy) is 1. The number of halogens is 3. The molecule has 0 atom stereocenters. The number of likely N-dealkylation sites (N-methyl/N-ethyl adjacent to an activating group) is 1. The van der Waals surface area contributed by atoms with Crippen molar-refractivity contribution < 1.29 is 13.5 Å². The van der Waals surface area contributed by atoms with Gasteiger partial charge >= 0.3 is 0 Å². The van der Waals surface area contributed by atoms with Gasteiger partial charge in [-0.1, -0.05) is 11.6 Å². The summed E-state index contributed by atoms with van der Waals surface area (Å²) in [6, 6.07) is 1.47. The summed E-state index contributed by atoms with van der Waals surface area (Å²) >= 11 is 5.92. The first-order valence-corrected chi connectivity index (χ1v) is 9.24. The van der Waals surface area contributed by atoms with Gasteiger partial charge in [0.25, 0.3) is 11.5 Å². The second-order valence-corrected chi connectivity index (χ2v) is 8.23. The summed E-state index contributed by atoms with van der Waals surface area (Å²) in [5.74, 6) is -1.17. The molecule has 7 nitrogen and oxygen atoms in total. The van der Waals surface area contributed by atoms with Gasteiger partial charge in [0.1, 0.15) is 22.9 Å². The molecule has 0 radical (unpaired) electrons.